The van der Waals surface area contributed by atoms with Crippen LogP contribution in [0.1, 0.15) is 22.3 Å². The molecule has 0 saturated heterocycles. The third kappa shape index (κ3) is 3.75. The van der Waals surface area contributed by atoms with Crippen molar-refractivity contribution in [2.45, 2.75) is 31.3 Å². The highest BCUT2D eigenvalue weighted by molar-refractivity contribution is 7.98. The van der Waals surface area contributed by atoms with Crippen molar-refractivity contribution in [2.24, 2.45) is 0 Å². The van der Waals surface area contributed by atoms with Gasteiger partial charge in [-0.3, -0.25) is 13.8 Å². The molecule has 2 heterocycles. The van der Waals surface area contributed by atoms with E-state index in [4.69, 9.17) is 0 Å². The van der Waals surface area contributed by atoms with Crippen molar-refractivity contribution in [1.82, 2.24) is 19.2 Å². The number of para-hydroxylation sites is 1. The largest absolute Gasteiger partial charge is 0.272 e. The van der Waals surface area contributed by atoms with Crippen molar-refractivity contribution in [2.75, 3.05) is 0 Å². The number of hydrogen-bond acceptors (Lipinski definition) is 4. The number of benzene rings is 3. The smallest absolute Gasteiger partial charge is 0.263 e. The average Bonchev–Trinajstić information content (AvgIpc) is 3.21. The maximum atomic E-state index is 13.3. The molecule has 6 heteroatoms. The first kappa shape index (κ1) is 19.6. The van der Waals surface area contributed by atoms with Gasteiger partial charge in [0.25, 0.3) is 5.56 Å². The molecule has 154 valence electrons. The second-order valence-corrected chi connectivity index (χ2v) is 8.73. The van der Waals surface area contributed by atoms with Crippen molar-refractivity contribution in [3.05, 3.63) is 105 Å². The molecular formula is C25H22N4OS. The molecule has 0 unspecified atom stereocenters. The highest BCUT2D eigenvalue weighted by Gasteiger charge is 2.17. The van der Waals surface area contributed by atoms with E-state index in [9.17, 15) is 4.79 Å². The van der Waals surface area contributed by atoms with Gasteiger partial charge in [0.05, 0.1) is 17.4 Å². The van der Waals surface area contributed by atoms with Crippen LogP contribution >= 0.6 is 11.8 Å². The van der Waals surface area contributed by atoms with Crippen LogP contribution in [0.5, 0.6) is 0 Å². The van der Waals surface area contributed by atoms with E-state index in [1.54, 1.807) is 16.3 Å². The van der Waals surface area contributed by atoms with E-state index >= 15 is 0 Å². The molecule has 0 spiro atoms. The van der Waals surface area contributed by atoms with Crippen LogP contribution in [-0.4, -0.2) is 19.2 Å². The van der Waals surface area contributed by atoms with E-state index in [1.807, 2.05) is 28.7 Å². The molecule has 0 bridgehead atoms. The second-order valence-electron chi connectivity index (χ2n) is 7.79. The van der Waals surface area contributed by atoms with E-state index in [2.05, 4.69) is 72.6 Å². The van der Waals surface area contributed by atoms with Crippen molar-refractivity contribution in [3.63, 3.8) is 0 Å². The standard InChI is InChI=1S/C25H22N4OS/c1-17-7-11-19(12-8-17)15-28-23(30)21-5-3-4-6-22(21)29-24(28)26-27-25(29)31-16-20-13-9-18(2)10-14-20/h3-14H,15-16H2,1-2H3. The lowest BCUT2D eigenvalue weighted by Gasteiger charge is -2.11. The molecule has 5 rings (SSSR count). The van der Waals surface area contributed by atoms with Gasteiger partial charge in [-0.2, -0.15) is 0 Å². The predicted molar refractivity (Wildman–Crippen MR) is 126 cm³/mol. The fraction of sp³-hybridized carbons (Fsp3) is 0.160. The number of aromatic nitrogens is 4. The maximum absolute atomic E-state index is 13.3. The van der Waals surface area contributed by atoms with Gasteiger partial charge in [-0.25, -0.2) is 0 Å². The van der Waals surface area contributed by atoms with Crippen LogP contribution in [0.4, 0.5) is 0 Å². The van der Waals surface area contributed by atoms with E-state index in [1.165, 1.54) is 16.7 Å². The van der Waals surface area contributed by atoms with Gasteiger partial charge < -0.3 is 0 Å². The highest BCUT2D eigenvalue weighted by Crippen LogP contribution is 2.25. The van der Waals surface area contributed by atoms with Crippen LogP contribution in [0.2, 0.25) is 0 Å². The first-order valence-electron chi connectivity index (χ1n) is 10.2. The minimum Gasteiger partial charge on any atom is -0.272 e. The molecule has 0 amide bonds. The molecule has 31 heavy (non-hydrogen) atoms. The molecule has 3 aromatic carbocycles. The molecule has 0 aliphatic heterocycles. The minimum absolute atomic E-state index is 0.0499. The maximum Gasteiger partial charge on any atom is 0.263 e. The molecule has 0 fully saturated rings. The van der Waals surface area contributed by atoms with Gasteiger partial charge in [-0.05, 0) is 37.1 Å². The number of fused-ring (bicyclic) bond motifs is 3. The Balaban J connectivity index is 1.61. The summed E-state index contributed by atoms with van der Waals surface area (Å²) in [6, 6.07) is 24.4. The lowest BCUT2D eigenvalue weighted by atomic mass is 10.1. The minimum atomic E-state index is -0.0499. The van der Waals surface area contributed by atoms with Crippen molar-refractivity contribution < 1.29 is 0 Å². The van der Waals surface area contributed by atoms with Gasteiger partial charge in [0.15, 0.2) is 5.16 Å². The van der Waals surface area contributed by atoms with E-state index in [0.717, 1.165) is 22.0 Å². The van der Waals surface area contributed by atoms with Gasteiger partial charge in [0.1, 0.15) is 0 Å². The monoisotopic (exact) mass is 426 g/mol. The first-order chi connectivity index (χ1) is 15.1. The Morgan fingerprint density at radius 1 is 0.806 bits per heavy atom. The molecule has 0 saturated carbocycles. The highest BCUT2D eigenvalue weighted by atomic mass is 32.2. The summed E-state index contributed by atoms with van der Waals surface area (Å²) in [7, 11) is 0. The summed E-state index contributed by atoms with van der Waals surface area (Å²) < 4.78 is 3.72. The summed E-state index contributed by atoms with van der Waals surface area (Å²) in [6.07, 6.45) is 0. The van der Waals surface area contributed by atoms with Crippen LogP contribution in [-0.2, 0) is 12.3 Å². The molecule has 0 radical (unpaired) electrons. The summed E-state index contributed by atoms with van der Waals surface area (Å²) >= 11 is 1.63. The van der Waals surface area contributed by atoms with E-state index in [-0.39, 0.29) is 5.56 Å². The molecule has 0 aliphatic rings. The summed E-state index contributed by atoms with van der Waals surface area (Å²) in [5, 5.41) is 10.3. The zero-order chi connectivity index (χ0) is 21.4. The Hall–Kier alpha value is -3.38. The topological polar surface area (TPSA) is 52.2 Å². The third-order valence-corrected chi connectivity index (χ3v) is 6.43. The first-order valence-corrected chi connectivity index (χ1v) is 11.2. The molecular weight excluding hydrogens is 404 g/mol. The number of aryl methyl sites for hydroxylation is 2. The normalized spacial score (nSPS) is 11.4. The van der Waals surface area contributed by atoms with Crippen molar-refractivity contribution >= 4 is 28.4 Å². The van der Waals surface area contributed by atoms with Crippen molar-refractivity contribution in [3.8, 4) is 0 Å². The fourth-order valence-corrected chi connectivity index (χ4v) is 4.57. The Labute approximate surface area is 184 Å². The van der Waals surface area contributed by atoms with E-state index in [0.29, 0.717) is 17.7 Å². The lowest BCUT2D eigenvalue weighted by Crippen LogP contribution is -2.24. The predicted octanol–water partition coefficient (Wildman–Crippen LogP) is 5.00. The average molecular weight is 427 g/mol. The second kappa shape index (κ2) is 8.04. The van der Waals surface area contributed by atoms with Gasteiger partial charge in [0.2, 0.25) is 5.78 Å². The summed E-state index contributed by atoms with van der Waals surface area (Å²) in [6.45, 7) is 4.59. The van der Waals surface area contributed by atoms with Crippen LogP contribution in [0.3, 0.4) is 0 Å². The van der Waals surface area contributed by atoms with E-state index < -0.39 is 0 Å². The zero-order valence-electron chi connectivity index (χ0n) is 17.4. The van der Waals surface area contributed by atoms with Crippen LogP contribution in [0, 0.1) is 13.8 Å². The number of hydrogen-bond donors (Lipinski definition) is 0. The lowest BCUT2D eigenvalue weighted by molar-refractivity contribution is 0.763. The molecule has 5 nitrogen and oxygen atoms in total. The Morgan fingerprint density at radius 2 is 1.45 bits per heavy atom. The van der Waals surface area contributed by atoms with Gasteiger partial charge in [-0.1, -0.05) is 83.6 Å². The number of thioether (sulfide) groups is 1. The van der Waals surface area contributed by atoms with Crippen LogP contribution < -0.4 is 5.56 Å². The summed E-state index contributed by atoms with van der Waals surface area (Å²) in [5.41, 5.74) is 5.50. The molecule has 0 aliphatic carbocycles. The van der Waals surface area contributed by atoms with Crippen molar-refractivity contribution in [1.29, 1.82) is 0 Å². The Kier molecular flexibility index (Phi) is 5.08. The third-order valence-electron chi connectivity index (χ3n) is 5.43. The SMILES string of the molecule is Cc1ccc(CSc2nnc3n(Cc4ccc(C)cc4)c(=O)c4ccccc4n23)cc1. The van der Waals surface area contributed by atoms with Gasteiger partial charge in [0, 0.05) is 5.75 Å². The number of nitrogens with zero attached hydrogens (tertiary/aromatic N) is 4. The Morgan fingerprint density at radius 3 is 2.16 bits per heavy atom. The van der Waals surface area contributed by atoms with Gasteiger partial charge >= 0.3 is 0 Å². The number of rotatable bonds is 5. The zero-order valence-corrected chi connectivity index (χ0v) is 18.3. The van der Waals surface area contributed by atoms with Crippen LogP contribution in [0.15, 0.2) is 82.7 Å². The fourth-order valence-electron chi connectivity index (χ4n) is 3.68. The summed E-state index contributed by atoms with van der Waals surface area (Å²) in [4.78, 5) is 13.3. The molecule has 5 aromatic rings. The quantitative estimate of drug-likeness (QED) is 0.371. The molecule has 2 aromatic heterocycles. The summed E-state index contributed by atoms with van der Waals surface area (Å²) in [5.74, 6) is 1.35. The van der Waals surface area contributed by atoms with Gasteiger partial charge in [-0.15, -0.1) is 10.2 Å². The molecule has 0 atom stereocenters. The molecule has 0 N–H and O–H groups in total. The van der Waals surface area contributed by atoms with Crippen LogP contribution in [0.25, 0.3) is 16.7 Å². The Bertz CT molecular complexity index is 1430.